The SMILES string of the molecule is CCN(OCc1ccccc1)C(=O)C1C(C)=NC(C)=C(C(=O)OCCC(c2ccccc2)c2ccccc2)C1c1cccc(Cl)c1. The van der Waals surface area contributed by atoms with E-state index in [4.69, 9.17) is 26.2 Å². The van der Waals surface area contributed by atoms with Crippen LogP contribution in [0.1, 0.15) is 61.3 Å². The van der Waals surface area contributed by atoms with Crippen molar-refractivity contribution in [3.8, 4) is 0 Å². The lowest BCUT2D eigenvalue weighted by molar-refractivity contribution is -0.192. The number of allylic oxidation sites excluding steroid dienone is 1. The summed E-state index contributed by atoms with van der Waals surface area (Å²) in [5.74, 6) is -2.18. The maximum absolute atomic E-state index is 14.2. The van der Waals surface area contributed by atoms with E-state index in [0.29, 0.717) is 35.0 Å². The van der Waals surface area contributed by atoms with E-state index in [1.54, 1.807) is 19.1 Å². The largest absolute Gasteiger partial charge is 0.462 e. The zero-order valence-corrected chi connectivity index (χ0v) is 27.2. The fraction of sp³-hybridized carbons (Fsp3) is 0.256. The summed E-state index contributed by atoms with van der Waals surface area (Å²) in [5, 5.41) is 1.87. The Balaban J connectivity index is 1.41. The van der Waals surface area contributed by atoms with Crippen LogP contribution in [0.15, 0.2) is 132 Å². The van der Waals surface area contributed by atoms with Gasteiger partial charge >= 0.3 is 5.97 Å². The van der Waals surface area contributed by atoms with Crippen molar-refractivity contribution in [2.24, 2.45) is 10.9 Å². The topological polar surface area (TPSA) is 68.2 Å². The van der Waals surface area contributed by atoms with Crippen LogP contribution in [0.4, 0.5) is 0 Å². The highest BCUT2D eigenvalue weighted by Gasteiger charge is 2.43. The molecule has 0 aromatic heterocycles. The van der Waals surface area contributed by atoms with Crippen molar-refractivity contribution in [3.05, 3.63) is 154 Å². The Bertz CT molecular complexity index is 1650. The first kappa shape index (κ1) is 32.9. The molecule has 0 saturated carbocycles. The number of rotatable bonds is 12. The molecule has 0 fully saturated rings. The standard InChI is InChI=1S/C39H39ClN2O4/c1-4-42(46-26-29-15-8-5-9-16-29)38(43)35-27(2)41-28(3)36(37(35)32-21-14-22-33(40)25-32)39(44)45-24-23-34(30-17-10-6-11-18-30)31-19-12-7-13-20-31/h5-22,25,34-35,37H,4,23-24,26H2,1-3H3. The first-order valence-electron chi connectivity index (χ1n) is 15.6. The predicted octanol–water partition coefficient (Wildman–Crippen LogP) is 8.53. The third kappa shape index (κ3) is 7.82. The van der Waals surface area contributed by atoms with Gasteiger partial charge in [0.25, 0.3) is 5.91 Å². The Hall–Kier alpha value is -4.52. The van der Waals surface area contributed by atoms with Crippen LogP contribution in [-0.4, -0.2) is 35.8 Å². The van der Waals surface area contributed by atoms with Crippen LogP contribution in [0, 0.1) is 5.92 Å². The fourth-order valence-corrected chi connectivity index (χ4v) is 6.32. The molecule has 46 heavy (non-hydrogen) atoms. The molecule has 0 radical (unpaired) electrons. The zero-order valence-electron chi connectivity index (χ0n) is 26.4. The number of amides is 1. The van der Waals surface area contributed by atoms with Gasteiger partial charge in [-0.25, -0.2) is 9.86 Å². The van der Waals surface area contributed by atoms with E-state index in [2.05, 4.69) is 24.3 Å². The Labute approximate surface area is 276 Å². The van der Waals surface area contributed by atoms with Crippen molar-refractivity contribution in [1.29, 1.82) is 0 Å². The smallest absolute Gasteiger partial charge is 0.336 e. The van der Waals surface area contributed by atoms with Crippen LogP contribution in [0.5, 0.6) is 0 Å². The number of carbonyl (C=O) groups excluding carboxylic acids is 2. The highest BCUT2D eigenvalue weighted by Crippen LogP contribution is 2.41. The molecule has 2 unspecified atom stereocenters. The van der Waals surface area contributed by atoms with Crippen LogP contribution < -0.4 is 0 Å². The van der Waals surface area contributed by atoms with E-state index in [1.165, 1.54) is 5.06 Å². The van der Waals surface area contributed by atoms with Crippen molar-refractivity contribution in [1.82, 2.24) is 5.06 Å². The number of esters is 1. The molecule has 2 atom stereocenters. The summed E-state index contributed by atoms with van der Waals surface area (Å²) in [5.41, 5.74) is 5.44. The van der Waals surface area contributed by atoms with E-state index < -0.39 is 17.8 Å². The molecule has 5 rings (SSSR count). The summed E-state index contributed by atoms with van der Waals surface area (Å²) in [7, 11) is 0. The van der Waals surface area contributed by atoms with Gasteiger partial charge in [0.15, 0.2) is 0 Å². The molecule has 1 heterocycles. The molecule has 0 saturated heterocycles. The lowest BCUT2D eigenvalue weighted by Crippen LogP contribution is -2.44. The number of benzene rings is 4. The molecule has 4 aromatic carbocycles. The van der Waals surface area contributed by atoms with Gasteiger partial charge in [0, 0.05) is 34.8 Å². The van der Waals surface area contributed by atoms with Crippen LogP contribution in [-0.2, 0) is 25.8 Å². The van der Waals surface area contributed by atoms with Crippen molar-refractivity contribution >= 4 is 29.2 Å². The average Bonchev–Trinajstić information content (AvgIpc) is 3.07. The van der Waals surface area contributed by atoms with Crippen molar-refractivity contribution in [3.63, 3.8) is 0 Å². The summed E-state index contributed by atoms with van der Waals surface area (Å²) in [6, 6.07) is 37.4. The maximum atomic E-state index is 14.2. The quantitative estimate of drug-likeness (QED) is 0.116. The van der Waals surface area contributed by atoms with Gasteiger partial charge in [-0.05, 0) is 61.6 Å². The number of ether oxygens (including phenoxy) is 1. The van der Waals surface area contributed by atoms with Gasteiger partial charge in [0.05, 0.1) is 18.1 Å². The van der Waals surface area contributed by atoms with Crippen LogP contribution >= 0.6 is 11.6 Å². The molecular weight excluding hydrogens is 596 g/mol. The molecule has 1 aliphatic heterocycles. The molecule has 1 aliphatic rings. The molecule has 7 heteroatoms. The Morgan fingerprint density at radius 3 is 2.04 bits per heavy atom. The third-order valence-electron chi connectivity index (χ3n) is 8.33. The Morgan fingerprint density at radius 1 is 0.848 bits per heavy atom. The van der Waals surface area contributed by atoms with E-state index in [1.807, 2.05) is 92.7 Å². The number of hydrogen-bond donors (Lipinski definition) is 0. The van der Waals surface area contributed by atoms with Crippen molar-refractivity contribution in [2.75, 3.05) is 13.2 Å². The normalized spacial score (nSPS) is 16.2. The van der Waals surface area contributed by atoms with Crippen LogP contribution in [0.3, 0.4) is 0 Å². The van der Waals surface area contributed by atoms with Gasteiger partial charge in [-0.1, -0.05) is 115 Å². The van der Waals surface area contributed by atoms with Gasteiger partial charge in [0.1, 0.15) is 6.61 Å². The fourth-order valence-electron chi connectivity index (χ4n) is 6.12. The minimum Gasteiger partial charge on any atom is -0.462 e. The summed E-state index contributed by atoms with van der Waals surface area (Å²) in [6.45, 7) is 6.22. The lowest BCUT2D eigenvalue weighted by atomic mass is 9.75. The van der Waals surface area contributed by atoms with Crippen molar-refractivity contribution in [2.45, 2.75) is 45.6 Å². The lowest BCUT2D eigenvalue weighted by Gasteiger charge is -2.35. The molecule has 0 spiro atoms. The van der Waals surface area contributed by atoms with Crippen LogP contribution in [0.25, 0.3) is 0 Å². The second-order valence-corrected chi connectivity index (χ2v) is 11.8. The number of nitrogens with zero attached hydrogens (tertiary/aromatic N) is 2. The van der Waals surface area contributed by atoms with E-state index in [9.17, 15) is 9.59 Å². The Kier molecular flexibility index (Phi) is 11.2. The van der Waals surface area contributed by atoms with E-state index in [0.717, 1.165) is 22.3 Å². The molecule has 236 valence electrons. The highest BCUT2D eigenvalue weighted by atomic mass is 35.5. The van der Waals surface area contributed by atoms with Gasteiger partial charge in [-0.15, -0.1) is 0 Å². The summed E-state index contributed by atoms with van der Waals surface area (Å²) in [6.07, 6.45) is 0.593. The minimum absolute atomic E-state index is 0.0508. The second-order valence-electron chi connectivity index (χ2n) is 11.4. The van der Waals surface area contributed by atoms with Gasteiger partial charge < -0.3 is 4.74 Å². The number of hydrogen-bond acceptors (Lipinski definition) is 5. The van der Waals surface area contributed by atoms with E-state index in [-0.39, 0.29) is 25.0 Å². The number of carbonyl (C=O) groups is 2. The third-order valence-corrected chi connectivity index (χ3v) is 8.56. The zero-order chi connectivity index (χ0) is 32.5. The molecule has 4 aromatic rings. The highest BCUT2D eigenvalue weighted by molar-refractivity contribution is 6.30. The number of hydroxylamine groups is 2. The summed E-state index contributed by atoms with van der Waals surface area (Å²) in [4.78, 5) is 39.0. The average molecular weight is 635 g/mol. The molecular formula is C39H39ClN2O4. The number of halogens is 1. The predicted molar refractivity (Wildman–Crippen MR) is 182 cm³/mol. The second kappa shape index (κ2) is 15.7. The summed E-state index contributed by atoms with van der Waals surface area (Å²) >= 11 is 6.45. The van der Waals surface area contributed by atoms with Gasteiger partial charge in [-0.2, -0.15) is 0 Å². The monoisotopic (exact) mass is 634 g/mol. The minimum atomic E-state index is -0.790. The summed E-state index contributed by atoms with van der Waals surface area (Å²) < 4.78 is 6.01. The maximum Gasteiger partial charge on any atom is 0.336 e. The Morgan fingerprint density at radius 2 is 1.46 bits per heavy atom. The molecule has 0 N–H and O–H groups in total. The number of aliphatic imine (C=N–C) groups is 1. The molecule has 0 aliphatic carbocycles. The van der Waals surface area contributed by atoms with Gasteiger partial charge in [0.2, 0.25) is 0 Å². The molecule has 1 amide bonds. The first-order valence-corrected chi connectivity index (χ1v) is 16.0. The van der Waals surface area contributed by atoms with Crippen LogP contribution in [0.2, 0.25) is 5.02 Å². The van der Waals surface area contributed by atoms with E-state index >= 15 is 0 Å². The first-order chi connectivity index (χ1) is 22.4. The molecule has 6 nitrogen and oxygen atoms in total. The van der Waals surface area contributed by atoms with Crippen molar-refractivity contribution < 1.29 is 19.2 Å². The van der Waals surface area contributed by atoms with Gasteiger partial charge in [-0.3, -0.25) is 14.6 Å². The molecule has 0 bridgehead atoms.